The van der Waals surface area contributed by atoms with Crippen molar-refractivity contribution in [1.82, 2.24) is 4.98 Å². The van der Waals surface area contributed by atoms with Gasteiger partial charge >= 0.3 is 0 Å². The lowest BCUT2D eigenvalue weighted by atomic mass is 9.95. The molecule has 1 aliphatic heterocycles. The molecule has 0 N–H and O–H groups in total. The van der Waals surface area contributed by atoms with Gasteiger partial charge in [0.05, 0.1) is 11.9 Å². The number of hydrogen-bond donors (Lipinski definition) is 0. The van der Waals surface area contributed by atoms with Crippen molar-refractivity contribution in [2.75, 3.05) is 0 Å². The van der Waals surface area contributed by atoms with Crippen LogP contribution in [0.5, 0.6) is 0 Å². The summed E-state index contributed by atoms with van der Waals surface area (Å²) in [5, 5.41) is 0. The highest BCUT2D eigenvalue weighted by atomic mass is 14.8. The number of allylic oxidation sites excluding steroid dienone is 2. The SMILES string of the molecule is CC/C1=C/C(C)CCC/C=N/c2cnccc21. The van der Waals surface area contributed by atoms with Crippen LogP contribution in [-0.4, -0.2) is 11.2 Å². The second-order valence-electron chi connectivity index (χ2n) is 4.66. The molecule has 0 aromatic carbocycles. The molecule has 2 nitrogen and oxygen atoms in total. The van der Waals surface area contributed by atoms with Crippen molar-refractivity contribution >= 4 is 17.5 Å². The van der Waals surface area contributed by atoms with Crippen LogP contribution in [0.4, 0.5) is 5.69 Å². The number of rotatable bonds is 1. The zero-order valence-electron chi connectivity index (χ0n) is 10.7. The Morgan fingerprint density at radius 2 is 2.29 bits per heavy atom. The van der Waals surface area contributed by atoms with Gasteiger partial charge in [-0.05, 0) is 43.2 Å². The summed E-state index contributed by atoms with van der Waals surface area (Å²) in [7, 11) is 0. The molecule has 0 spiro atoms. The van der Waals surface area contributed by atoms with E-state index >= 15 is 0 Å². The van der Waals surface area contributed by atoms with Crippen molar-refractivity contribution in [2.24, 2.45) is 10.9 Å². The van der Waals surface area contributed by atoms with Crippen LogP contribution in [0.1, 0.15) is 45.1 Å². The second kappa shape index (κ2) is 5.76. The maximum atomic E-state index is 4.54. The number of aromatic nitrogens is 1. The van der Waals surface area contributed by atoms with Gasteiger partial charge < -0.3 is 0 Å². The predicted molar refractivity (Wildman–Crippen MR) is 73.7 cm³/mol. The van der Waals surface area contributed by atoms with Crippen LogP contribution in [0, 0.1) is 5.92 Å². The Kier molecular flexibility index (Phi) is 4.08. The highest BCUT2D eigenvalue weighted by molar-refractivity contribution is 5.77. The first-order chi connectivity index (χ1) is 8.31. The van der Waals surface area contributed by atoms with Gasteiger partial charge in [-0.1, -0.05) is 19.9 Å². The monoisotopic (exact) mass is 228 g/mol. The van der Waals surface area contributed by atoms with Gasteiger partial charge in [0.25, 0.3) is 0 Å². The van der Waals surface area contributed by atoms with E-state index in [9.17, 15) is 0 Å². The molecule has 0 saturated carbocycles. The van der Waals surface area contributed by atoms with Crippen molar-refractivity contribution in [2.45, 2.75) is 39.5 Å². The number of fused-ring (bicyclic) bond motifs is 1. The van der Waals surface area contributed by atoms with Crippen LogP contribution in [0.3, 0.4) is 0 Å². The molecule has 1 aromatic rings. The molecule has 2 rings (SSSR count). The van der Waals surface area contributed by atoms with Gasteiger partial charge in [0.15, 0.2) is 0 Å². The molecule has 1 aliphatic rings. The van der Waals surface area contributed by atoms with Crippen LogP contribution < -0.4 is 0 Å². The Labute approximate surface area is 104 Å². The van der Waals surface area contributed by atoms with Crippen LogP contribution >= 0.6 is 0 Å². The molecule has 1 unspecified atom stereocenters. The molecule has 1 aromatic heterocycles. The fourth-order valence-corrected chi connectivity index (χ4v) is 2.28. The Balaban J connectivity index is 2.46. The van der Waals surface area contributed by atoms with Crippen molar-refractivity contribution < 1.29 is 0 Å². The lowest BCUT2D eigenvalue weighted by Crippen LogP contribution is -1.96. The summed E-state index contributed by atoms with van der Waals surface area (Å²) in [6, 6.07) is 2.08. The van der Waals surface area contributed by atoms with Gasteiger partial charge in [-0.3, -0.25) is 9.98 Å². The van der Waals surface area contributed by atoms with Crippen molar-refractivity contribution in [3.8, 4) is 0 Å². The van der Waals surface area contributed by atoms with Crippen molar-refractivity contribution in [1.29, 1.82) is 0 Å². The van der Waals surface area contributed by atoms with Gasteiger partial charge in [-0.2, -0.15) is 0 Å². The Morgan fingerprint density at radius 1 is 1.41 bits per heavy atom. The normalized spacial score (nSPS) is 25.5. The lowest BCUT2D eigenvalue weighted by molar-refractivity contribution is 0.620. The zero-order chi connectivity index (χ0) is 12.1. The minimum atomic E-state index is 0.650. The molecule has 2 heterocycles. The third-order valence-electron chi connectivity index (χ3n) is 3.24. The van der Waals surface area contributed by atoms with E-state index in [-0.39, 0.29) is 0 Å². The first-order valence-electron chi connectivity index (χ1n) is 6.49. The van der Waals surface area contributed by atoms with E-state index in [1.807, 2.05) is 18.6 Å². The predicted octanol–water partition coefficient (Wildman–Crippen LogP) is 4.40. The van der Waals surface area contributed by atoms with Crippen molar-refractivity contribution in [3.63, 3.8) is 0 Å². The maximum Gasteiger partial charge on any atom is 0.0883 e. The summed E-state index contributed by atoms with van der Waals surface area (Å²) >= 11 is 0. The molecule has 0 fully saturated rings. The maximum absolute atomic E-state index is 4.54. The van der Waals surface area contributed by atoms with E-state index in [0.717, 1.165) is 18.5 Å². The smallest absolute Gasteiger partial charge is 0.0883 e. The zero-order valence-corrected chi connectivity index (χ0v) is 10.7. The third-order valence-corrected chi connectivity index (χ3v) is 3.24. The molecule has 90 valence electrons. The van der Waals surface area contributed by atoms with E-state index in [4.69, 9.17) is 0 Å². The average Bonchev–Trinajstić information content (AvgIpc) is 2.36. The van der Waals surface area contributed by atoms with Crippen LogP contribution in [0.2, 0.25) is 0 Å². The number of aliphatic imine (C=N–C) groups is 1. The topological polar surface area (TPSA) is 25.2 Å². The second-order valence-corrected chi connectivity index (χ2v) is 4.66. The standard InChI is InChI=1S/C15H20N2/c1-3-13-10-12(2)6-4-5-8-17-15-11-16-9-7-14(13)15/h7-12H,3-6H2,1-2H3/b13-10-,17-8+. The average molecular weight is 228 g/mol. The van der Waals surface area contributed by atoms with Gasteiger partial charge in [0.1, 0.15) is 0 Å². The number of pyridine rings is 1. The van der Waals surface area contributed by atoms with E-state index < -0.39 is 0 Å². The van der Waals surface area contributed by atoms with E-state index in [2.05, 4.69) is 36.0 Å². The molecule has 0 saturated heterocycles. The largest absolute Gasteiger partial charge is 0.262 e. The summed E-state index contributed by atoms with van der Waals surface area (Å²) < 4.78 is 0. The summed E-state index contributed by atoms with van der Waals surface area (Å²) in [6.45, 7) is 4.51. The van der Waals surface area contributed by atoms with Crippen LogP contribution in [0.15, 0.2) is 29.5 Å². The number of hydrogen-bond acceptors (Lipinski definition) is 2. The van der Waals surface area contributed by atoms with Gasteiger partial charge in [0, 0.05) is 18.0 Å². The fourth-order valence-electron chi connectivity index (χ4n) is 2.28. The highest BCUT2D eigenvalue weighted by Crippen LogP contribution is 2.30. The number of nitrogens with zero attached hydrogens (tertiary/aromatic N) is 2. The third kappa shape index (κ3) is 3.02. The molecule has 0 bridgehead atoms. The molecular formula is C15H20N2. The van der Waals surface area contributed by atoms with Crippen LogP contribution in [-0.2, 0) is 0 Å². The minimum Gasteiger partial charge on any atom is -0.262 e. The van der Waals surface area contributed by atoms with Crippen molar-refractivity contribution in [3.05, 3.63) is 30.1 Å². The molecule has 0 aliphatic carbocycles. The lowest BCUT2D eigenvalue weighted by Gasteiger charge is -2.13. The summed E-state index contributed by atoms with van der Waals surface area (Å²) in [5.74, 6) is 0.650. The summed E-state index contributed by atoms with van der Waals surface area (Å²) in [6.07, 6.45) is 12.7. The molecule has 17 heavy (non-hydrogen) atoms. The molecule has 0 amide bonds. The quantitative estimate of drug-likeness (QED) is 0.699. The Morgan fingerprint density at radius 3 is 3.12 bits per heavy atom. The molecule has 0 radical (unpaired) electrons. The first kappa shape index (κ1) is 12.0. The summed E-state index contributed by atoms with van der Waals surface area (Å²) in [4.78, 5) is 8.71. The van der Waals surface area contributed by atoms with Gasteiger partial charge in [-0.25, -0.2) is 0 Å². The van der Waals surface area contributed by atoms with E-state index in [1.165, 1.54) is 24.0 Å². The Bertz CT molecular complexity index is 432. The first-order valence-corrected chi connectivity index (χ1v) is 6.49. The Hall–Kier alpha value is -1.44. The van der Waals surface area contributed by atoms with E-state index in [0.29, 0.717) is 5.92 Å². The molecule has 2 heteroatoms. The molecular weight excluding hydrogens is 208 g/mol. The minimum absolute atomic E-state index is 0.650. The van der Waals surface area contributed by atoms with E-state index in [1.54, 1.807) is 0 Å². The van der Waals surface area contributed by atoms with Gasteiger partial charge in [-0.15, -0.1) is 0 Å². The summed E-state index contributed by atoms with van der Waals surface area (Å²) in [5.41, 5.74) is 3.65. The van der Waals surface area contributed by atoms with Crippen LogP contribution in [0.25, 0.3) is 5.57 Å². The van der Waals surface area contributed by atoms with Gasteiger partial charge in [0.2, 0.25) is 0 Å². The highest BCUT2D eigenvalue weighted by Gasteiger charge is 2.08. The molecule has 1 atom stereocenters. The fraction of sp³-hybridized carbons (Fsp3) is 0.467.